The Morgan fingerprint density at radius 3 is 2.62 bits per heavy atom. The molecule has 94 valence electrons. The SMILES string of the molecule is CC(N)C1CCN(CC2CCOCO2)CC1. The van der Waals surface area contributed by atoms with Crippen LogP contribution >= 0.6 is 0 Å². The molecule has 2 N–H and O–H groups in total. The number of piperidine rings is 1. The summed E-state index contributed by atoms with van der Waals surface area (Å²) in [4.78, 5) is 2.51. The summed E-state index contributed by atoms with van der Waals surface area (Å²) >= 11 is 0. The first kappa shape index (κ1) is 12.3. The Kier molecular flexibility index (Phi) is 4.58. The fourth-order valence-corrected chi connectivity index (χ4v) is 2.59. The van der Waals surface area contributed by atoms with Gasteiger partial charge in [-0.15, -0.1) is 0 Å². The van der Waals surface area contributed by atoms with Crippen molar-refractivity contribution >= 4 is 0 Å². The van der Waals surface area contributed by atoms with Gasteiger partial charge in [0.2, 0.25) is 0 Å². The first-order valence-corrected chi connectivity index (χ1v) is 6.43. The second kappa shape index (κ2) is 5.96. The van der Waals surface area contributed by atoms with Crippen molar-refractivity contribution in [1.29, 1.82) is 0 Å². The Morgan fingerprint density at radius 2 is 2.06 bits per heavy atom. The first-order chi connectivity index (χ1) is 7.75. The summed E-state index contributed by atoms with van der Waals surface area (Å²) in [7, 11) is 0. The average Bonchev–Trinajstić information content (AvgIpc) is 2.31. The predicted molar refractivity (Wildman–Crippen MR) is 63.1 cm³/mol. The number of rotatable bonds is 3. The Morgan fingerprint density at radius 1 is 1.31 bits per heavy atom. The van der Waals surface area contributed by atoms with Crippen molar-refractivity contribution in [3.63, 3.8) is 0 Å². The van der Waals surface area contributed by atoms with Crippen LogP contribution in [0.2, 0.25) is 0 Å². The number of ether oxygens (including phenoxy) is 2. The molecule has 0 bridgehead atoms. The van der Waals surface area contributed by atoms with E-state index in [1.165, 1.54) is 25.9 Å². The Bertz CT molecular complexity index is 197. The van der Waals surface area contributed by atoms with Gasteiger partial charge >= 0.3 is 0 Å². The summed E-state index contributed by atoms with van der Waals surface area (Å²) in [6.07, 6.45) is 3.88. The van der Waals surface area contributed by atoms with Crippen LogP contribution in [0.25, 0.3) is 0 Å². The van der Waals surface area contributed by atoms with Crippen LogP contribution in [-0.4, -0.2) is 50.1 Å². The fraction of sp³-hybridized carbons (Fsp3) is 1.00. The van der Waals surface area contributed by atoms with Crippen LogP contribution in [0.3, 0.4) is 0 Å². The van der Waals surface area contributed by atoms with Crippen LogP contribution in [-0.2, 0) is 9.47 Å². The van der Waals surface area contributed by atoms with Crippen LogP contribution in [0.15, 0.2) is 0 Å². The van der Waals surface area contributed by atoms with Crippen LogP contribution < -0.4 is 5.73 Å². The predicted octanol–water partition coefficient (Wildman–Crippen LogP) is 0.809. The van der Waals surface area contributed by atoms with E-state index in [9.17, 15) is 0 Å². The van der Waals surface area contributed by atoms with Crippen molar-refractivity contribution < 1.29 is 9.47 Å². The molecule has 0 aromatic heterocycles. The number of nitrogens with two attached hydrogens (primary N) is 1. The Hall–Kier alpha value is -0.160. The van der Waals surface area contributed by atoms with Gasteiger partial charge in [0.1, 0.15) is 6.79 Å². The van der Waals surface area contributed by atoms with Crippen LogP contribution in [0.1, 0.15) is 26.2 Å². The zero-order chi connectivity index (χ0) is 11.4. The van der Waals surface area contributed by atoms with Gasteiger partial charge in [0, 0.05) is 12.6 Å². The maximum atomic E-state index is 5.94. The van der Waals surface area contributed by atoms with E-state index >= 15 is 0 Å². The third-order valence-corrected chi connectivity index (χ3v) is 3.81. The standard InChI is InChI=1S/C12H24N2O2/c1-10(13)11-2-5-14(6-3-11)8-12-4-7-15-9-16-12/h10-12H,2-9,13H2,1H3. The second-order valence-electron chi connectivity index (χ2n) is 5.10. The van der Waals surface area contributed by atoms with Gasteiger partial charge in [-0.1, -0.05) is 0 Å². The van der Waals surface area contributed by atoms with Gasteiger partial charge < -0.3 is 20.1 Å². The maximum Gasteiger partial charge on any atom is 0.147 e. The summed E-state index contributed by atoms with van der Waals surface area (Å²) in [6.45, 7) is 6.86. The molecule has 0 aromatic rings. The lowest BCUT2D eigenvalue weighted by Crippen LogP contribution is -2.44. The van der Waals surface area contributed by atoms with Crippen LogP contribution in [0.4, 0.5) is 0 Å². The van der Waals surface area contributed by atoms with E-state index in [-0.39, 0.29) is 0 Å². The summed E-state index contributed by atoms with van der Waals surface area (Å²) < 4.78 is 10.7. The molecule has 0 radical (unpaired) electrons. The first-order valence-electron chi connectivity index (χ1n) is 6.43. The van der Waals surface area contributed by atoms with Gasteiger partial charge in [-0.25, -0.2) is 0 Å². The lowest BCUT2D eigenvalue weighted by Gasteiger charge is -2.36. The van der Waals surface area contributed by atoms with Gasteiger partial charge in [0.05, 0.1) is 12.7 Å². The lowest BCUT2D eigenvalue weighted by atomic mass is 9.91. The topological polar surface area (TPSA) is 47.7 Å². The number of likely N-dealkylation sites (tertiary alicyclic amines) is 1. The third kappa shape index (κ3) is 3.42. The maximum absolute atomic E-state index is 5.94. The molecule has 2 rings (SSSR count). The smallest absolute Gasteiger partial charge is 0.147 e. The molecular weight excluding hydrogens is 204 g/mol. The summed E-state index contributed by atoms with van der Waals surface area (Å²) in [5.74, 6) is 0.715. The van der Waals surface area contributed by atoms with E-state index in [0.717, 1.165) is 19.6 Å². The highest BCUT2D eigenvalue weighted by Gasteiger charge is 2.24. The monoisotopic (exact) mass is 228 g/mol. The van der Waals surface area contributed by atoms with Crippen molar-refractivity contribution in [3.8, 4) is 0 Å². The van der Waals surface area contributed by atoms with Gasteiger partial charge in [-0.05, 0) is 45.2 Å². The zero-order valence-electron chi connectivity index (χ0n) is 10.2. The van der Waals surface area contributed by atoms with E-state index in [1.807, 2.05) is 0 Å². The minimum Gasteiger partial charge on any atom is -0.355 e. The molecule has 4 nitrogen and oxygen atoms in total. The molecule has 2 unspecified atom stereocenters. The molecule has 0 aliphatic carbocycles. The van der Waals surface area contributed by atoms with Crippen molar-refractivity contribution in [1.82, 2.24) is 4.90 Å². The van der Waals surface area contributed by atoms with Gasteiger partial charge in [-0.2, -0.15) is 0 Å². The average molecular weight is 228 g/mol. The van der Waals surface area contributed by atoms with Crippen molar-refractivity contribution in [2.24, 2.45) is 11.7 Å². The molecule has 0 amide bonds. The molecular formula is C12H24N2O2. The molecule has 2 saturated heterocycles. The molecule has 2 aliphatic heterocycles. The third-order valence-electron chi connectivity index (χ3n) is 3.81. The van der Waals surface area contributed by atoms with E-state index in [4.69, 9.17) is 15.2 Å². The Balaban J connectivity index is 1.68. The molecule has 2 heterocycles. The molecule has 0 saturated carbocycles. The van der Waals surface area contributed by atoms with Gasteiger partial charge in [0.25, 0.3) is 0 Å². The number of nitrogens with zero attached hydrogens (tertiary/aromatic N) is 1. The van der Waals surface area contributed by atoms with E-state index in [1.54, 1.807) is 0 Å². The largest absolute Gasteiger partial charge is 0.355 e. The van der Waals surface area contributed by atoms with Crippen LogP contribution in [0.5, 0.6) is 0 Å². The highest BCUT2D eigenvalue weighted by molar-refractivity contribution is 4.79. The van der Waals surface area contributed by atoms with Crippen molar-refractivity contribution in [2.45, 2.75) is 38.3 Å². The van der Waals surface area contributed by atoms with Gasteiger partial charge in [-0.3, -0.25) is 0 Å². The molecule has 16 heavy (non-hydrogen) atoms. The molecule has 0 aromatic carbocycles. The van der Waals surface area contributed by atoms with Crippen molar-refractivity contribution in [2.75, 3.05) is 33.0 Å². The summed E-state index contributed by atoms with van der Waals surface area (Å²) in [6, 6.07) is 0.349. The molecule has 2 fully saturated rings. The summed E-state index contributed by atoms with van der Waals surface area (Å²) in [5, 5.41) is 0. The van der Waals surface area contributed by atoms with Gasteiger partial charge in [0.15, 0.2) is 0 Å². The highest BCUT2D eigenvalue weighted by Crippen LogP contribution is 2.20. The second-order valence-corrected chi connectivity index (χ2v) is 5.10. The minimum atomic E-state index is 0.349. The quantitative estimate of drug-likeness (QED) is 0.776. The lowest BCUT2D eigenvalue weighted by molar-refractivity contribution is -0.145. The minimum absolute atomic E-state index is 0.349. The molecule has 2 atom stereocenters. The molecule has 0 spiro atoms. The zero-order valence-corrected chi connectivity index (χ0v) is 10.2. The van der Waals surface area contributed by atoms with Crippen molar-refractivity contribution in [3.05, 3.63) is 0 Å². The van der Waals surface area contributed by atoms with Crippen LogP contribution in [0, 0.1) is 5.92 Å². The number of hydrogen-bond donors (Lipinski definition) is 1. The number of hydrogen-bond acceptors (Lipinski definition) is 4. The van der Waals surface area contributed by atoms with E-state index < -0.39 is 0 Å². The molecule has 2 aliphatic rings. The Labute approximate surface area is 98.1 Å². The fourth-order valence-electron chi connectivity index (χ4n) is 2.59. The normalized spacial score (nSPS) is 31.5. The summed E-state index contributed by atoms with van der Waals surface area (Å²) in [5.41, 5.74) is 5.94. The highest BCUT2D eigenvalue weighted by atomic mass is 16.7. The molecule has 4 heteroatoms. The van der Waals surface area contributed by atoms with E-state index in [2.05, 4.69) is 11.8 Å². The van der Waals surface area contributed by atoms with E-state index in [0.29, 0.717) is 24.9 Å².